The molecule has 0 amide bonds. The van der Waals surface area contributed by atoms with Crippen LogP contribution in [0.2, 0.25) is 0 Å². The van der Waals surface area contributed by atoms with Gasteiger partial charge in [-0.25, -0.2) is 4.79 Å². The van der Waals surface area contributed by atoms with Crippen molar-refractivity contribution in [1.82, 2.24) is 0 Å². The Balaban J connectivity index is 3.89. The van der Waals surface area contributed by atoms with E-state index >= 15 is 0 Å². The van der Waals surface area contributed by atoms with Gasteiger partial charge in [-0.1, -0.05) is 20.4 Å². The predicted molar refractivity (Wildman–Crippen MR) is 84.6 cm³/mol. The predicted octanol–water partition coefficient (Wildman–Crippen LogP) is 4.32. The van der Waals surface area contributed by atoms with Gasteiger partial charge in [0, 0.05) is 5.57 Å². The van der Waals surface area contributed by atoms with E-state index in [-0.39, 0.29) is 5.97 Å². The Morgan fingerprint density at radius 1 is 1.00 bits per heavy atom. The fourth-order valence-corrected chi connectivity index (χ4v) is 3.36. The van der Waals surface area contributed by atoms with E-state index < -0.39 is 7.60 Å². The molecule has 0 N–H and O–H groups in total. The van der Waals surface area contributed by atoms with Crippen LogP contribution in [-0.4, -0.2) is 32.0 Å². The molecule has 124 valence electrons. The first-order chi connectivity index (χ1) is 9.95. The van der Waals surface area contributed by atoms with Gasteiger partial charge in [-0.3, -0.25) is 4.57 Å². The van der Waals surface area contributed by atoms with Crippen LogP contribution in [-0.2, 0) is 23.1 Å². The van der Waals surface area contributed by atoms with Crippen molar-refractivity contribution in [3.8, 4) is 0 Å². The monoisotopic (exact) mass is 320 g/mol. The lowest BCUT2D eigenvalue weighted by atomic mass is 10.3. The van der Waals surface area contributed by atoms with Crippen LogP contribution in [0.25, 0.3) is 0 Å². The zero-order valence-electron chi connectivity index (χ0n) is 13.6. The molecule has 0 unspecified atom stereocenters. The fourth-order valence-electron chi connectivity index (χ4n) is 1.50. The van der Waals surface area contributed by atoms with E-state index in [0.717, 1.165) is 32.1 Å². The van der Waals surface area contributed by atoms with Crippen molar-refractivity contribution in [1.29, 1.82) is 0 Å². The smallest absolute Gasteiger partial charge is 0.333 e. The first-order valence-electron chi connectivity index (χ1n) is 7.66. The van der Waals surface area contributed by atoms with Crippen LogP contribution in [0.3, 0.4) is 0 Å². The number of rotatable bonds is 13. The number of hydrogen-bond donors (Lipinski definition) is 0. The van der Waals surface area contributed by atoms with Crippen LogP contribution in [0, 0.1) is 0 Å². The molecule has 0 spiro atoms. The quantitative estimate of drug-likeness (QED) is 0.219. The van der Waals surface area contributed by atoms with Crippen molar-refractivity contribution < 1.29 is 23.1 Å². The summed E-state index contributed by atoms with van der Waals surface area (Å²) >= 11 is 0. The molecule has 0 heterocycles. The summed E-state index contributed by atoms with van der Waals surface area (Å²) in [5.41, 5.74) is 0.403. The van der Waals surface area contributed by atoms with Crippen LogP contribution in [0.1, 0.15) is 52.9 Å². The first kappa shape index (κ1) is 20.4. The minimum absolute atomic E-state index is 0.363. The highest BCUT2D eigenvalue weighted by atomic mass is 31.2. The highest BCUT2D eigenvalue weighted by Crippen LogP contribution is 2.49. The Labute approximate surface area is 128 Å². The molecule has 0 aromatic rings. The lowest BCUT2D eigenvalue weighted by Crippen LogP contribution is -2.06. The molecule has 0 aliphatic rings. The van der Waals surface area contributed by atoms with E-state index in [1.807, 2.05) is 13.8 Å². The molecule has 0 bridgehead atoms. The molecule has 0 aliphatic heterocycles. The number of esters is 1. The van der Waals surface area contributed by atoms with Crippen LogP contribution in [0.15, 0.2) is 12.2 Å². The largest absolute Gasteiger partial charge is 0.462 e. The second kappa shape index (κ2) is 12.0. The average molecular weight is 320 g/mol. The van der Waals surface area contributed by atoms with Gasteiger partial charge < -0.3 is 13.8 Å². The standard InChI is InChI=1S/C15H29O5P/c1-5-10-19-21(17,20-11-6-2)13-9-7-8-12-18-15(16)14(3)4/h3,5-13H2,1-2,4H3. The molecule has 0 aromatic heterocycles. The third kappa shape index (κ3) is 10.7. The van der Waals surface area contributed by atoms with Gasteiger partial charge in [-0.2, -0.15) is 0 Å². The Bertz CT molecular complexity index is 342. The zero-order chi connectivity index (χ0) is 16.1. The molecule has 0 atom stereocenters. The minimum atomic E-state index is -2.96. The van der Waals surface area contributed by atoms with Gasteiger partial charge in [0.2, 0.25) is 0 Å². The number of hydrogen-bond acceptors (Lipinski definition) is 5. The van der Waals surface area contributed by atoms with Crippen molar-refractivity contribution in [2.45, 2.75) is 52.9 Å². The third-order valence-corrected chi connectivity index (χ3v) is 4.66. The molecule has 5 nitrogen and oxygen atoms in total. The van der Waals surface area contributed by atoms with Crippen LogP contribution >= 0.6 is 7.60 Å². The zero-order valence-corrected chi connectivity index (χ0v) is 14.5. The molecule has 0 saturated heterocycles. The Morgan fingerprint density at radius 3 is 2.05 bits per heavy atom. The molecule has 6 heteroatoms. The van der Waals surface area contributed by atoms with Gasteiger partial charge in [0.1, 0.15) is 0 Å². The van der Waals surface area contributed by atoms with Crippen molar-refractivity contribution in [2.24, 2.45) is 0 Å². The average Bonchev–Trinajstić information content (AvgIpc) is 2.46. The Hall–Kier alpha value is -0.640. The van der Waals surface area contributed by atoms with Crippen LogP contribution < -0.4 is 0 Å². The second-order valence-electron chi connectivity index (χ2n) is 4.98. The van der Waals surface area contributed by atoms with Gasteiger partial charge >= 0.3 is 13.6 Å². The van der Waals surface area contributed by atoms with E-state index in [1.165, 1.54) is 0 Å². The second-order valence-corrected chi connectivity index (χ2v) is 7.16. The van der Waals surface area contributed by atoms with Crippen LogP contribution in [0.4, 0.5) is 0 Å². The van der Waals surface area contributed by atoms with Crippen molar-refractivity contribution >= 4 is 13.6 Å². The van der Waals surface area contributed by atoms with Crippen molar-refractivity contribution in [3.05, 3.63) is 12.2 Å². The van der Waals surface area contributed by atoms with E-state index in [2.05, 4.69) is 6.58 Å². The molecular weight excluding hydrogens is 291 g/mol. The van der Waals surface area contributed by atoms with Crippen LogP contribution in [0.5, 0.6) is 0 Å². The normalized spacial score (nSPS) is 11.4. The molecule has 0 rings (SSSR count). The topological polar surface area (TPSA) is 61.8 Å². The molecule has 21 heavy (non-hydrogen) atoms. The molecule has 0 saturated carbocycles. The summed E-state index contributed by atoms with van der Waals surface area (Å²) in [6, 6.07) is 0. The van der Waals surface area contributed by atoms with E-state index in [9.17, 15) is 9.36 Å². The van der Waals surface area contributed by atoms with Gasteiger partial charge in [-0.05, 0) is 39.0 Å². The third-order valence-electron chi connectivity index (χ3n) is 2.64. The number of unbranched alkanes of at least 4 members (excludes halogenated alkanes) is 2. The lowest BCUT2D eigenvalue weighted by Gasteiger charge is -2.18. The maximum absolute atomic E-state index is 12.4. The summed E-state index contributed by atoms with van der Waals surface area (Å²) in [5.74, 6) is -0.363. The van der Waals surface area contributed by atoms with Gasteiger partial charge in [0.15, 0.2) is 0 Å². The summed E-state index contributed by atoms with van der Waals surface area (Å²) < 4.78 is 28.2. The Kier molecular flexibility index (Phi) is 11.6. The van der Waals surface area contributed by atoms with E-state index in [1.54, 1.807) is 6.92 Å². The molecule has 0 aromatic carbocycles. The number of ether oxygens (including phenoxy) is 1. The summed E-state index contributed by atoms with van der Waals surface area (Å²) in [7, 11) is -2.96. The van der Waals surface area contributed by atoms with Gasteiger partial charge in [0.05, 0.1) is 26.0 Å². The van der Waals surface area contributed by atoms with Crippen molar-refractivity contribution in [3.63, 3.8) is 0 Å². The molecular formula is C15H29O5P. The highest BCUT2D eigenvalue weighted by Gasteiger charge is 2.23. The maximum Gasteiger partial charge on any atom is 0.333 e. The number of carbonyl (C=O) groups is 1. The number of carbonyl (C=O) groups excluding carboxylic acids is 1. The Morgan fingerprint density at radius 2 is 1.57 bits per heavy atom. The van der Waals surface area contributed by atoms with Gasteiger partial charge in [-0.15, -0.1) is 0 Å². The maximum atomic E-state index is 12.4. The van der Waals surface area contributed by atoms with Gasteiger partial charge in [0.25, 0.3) is 0 Å². The van der Waals surface area contributed by atoms with E-state index in [4.69, 9.17) is 13.8 Å². The lowest BCUT2D eigenvalue weighted by molar-refractivity contribution is -0.139. The first-order valence-corrected chi connectivity index (χ1v) is 9.38. The molecule has 0 aliphatic carbocycles. The van der Waals surface area contributed by atoms with Crippen molar-refractivity contribution in [2.75, 3.05) is 26.0 Å². The minimum Gasteiger partial charge on any atom is -0.462 e. The fraction of sp³-hybridized carbons (Fsp3) is 0.800. The molecule has 0 fully saturated rings. The summed E-state index contributed by atoms with van der Waals surface area (Å²) in [6.07, 6.45) is 4.34. The highest BCUT2D eigenvalue weighted by molar-refractivity contribution is 7.53. The van der Waals surface area contributed by atoms with E-state index in [0.29, 0.717) is 31.6 Å². The summed E-state index contributed by atoms with van der Waals surface area (Å²) in [5, 5.41) is 0. The SMILES string of the molecule is C=C(C)C(=O)OCCCCCP(=O)(OCCC)OCCC. The summed E-state index contributed by atoms with van der Waals surface area (Å²) in [4.78, 5) is 11.2. The summed E-state index contributed by atoms with van der Waals surface area (Å²) in [6.45, 7) is 10.4. The molecule has 0 radical (unpaired) electrons.